The molecule has 4 rings (SSSR count). The summed E-state index contributed by atoms with van der Waals surface area (Å²) in [6, 6.07) is 13.8. The molecule has 1 aromatic heterocycles. The van der Waals surface area contributed by atoms with Gasteiger partial charge in [-0.2, -0.15) is 0 Å². The summed E-state index contributed by atoms with van der Waals surface area (Å²) in [5.41, 5.74) is 2.81. The molecule has 188 valence electrons. The predicted molar refractivity (Wildman–Crippen MR) is 139 cm³/mol. The summed E-state index contributed by atoms with van der Waals surface area (Å²) in [7, 11) is 1.55. The molecule has 0 aliphatic carbocycles. The van der Waals surface area contributed by atoms with Gasteiger partial charge in [0.15, 0.2) is 17.1 Å². The standard InChI is InChI=1S/C27H27ClN2O6/c1-5-33-23-13-17(14-24(34-6-2)25(23)35-7-3)26(31)29-18-9-11-22-20(15-18)30-27(36-22)16-8-10-21(32-4)19(28)12-16/h8-15H,5-7H2,1-4H3,(H,29,31). The molecule has 0 saturated heterocycles. The van der Waals surface area contributed by atoms with Crippen LogP contribution in [0, 0.1) is 0 Å². The molecule has 3 aromatic carbocycles. The van der Waals surface area contributed by atoms with Crippen LogP contribution in [-0.2, 0) is 0 Å². The Kier molecular flexibility index (Phi) is 7.85. The number of nitrogens with one attached hydrogen (secondary N) is 1. The van der Waals surface area contributed by atoms with E-state index >= 15 is 0 Å². The fourth-order valence-electron chi connectivity index (χ4n) is 3.65. The minimum atomic E-state index is -0.329. The van der Waals surface area contributed by atoms with Crippen LogP contribution in [0.2, 0.25) is 5.02 Å². The number of rotatable bonds is 10. The van der Waals surface area contributed by atoms with E-state index < -0.39 is 0 Å². The third-order valence-electron chi connectivity index (χ3n) is 5.22. The fourth-order valence-corrected chi connectivity index (χ4v) is 3.91. The second kappa shape index (κ2) is 11.2. The molecule has 0 saturated carbocycles. The van der Waals surface area contributed by atoms with Crippen LogP contribution >= 0.6 is 11.6 Å². The van der Waals surface area contributed by atoms with Crippen LogP contribution in [0.3, 0.4) is 0 Å². The average molecular weight is 511 g/mol. The highest BCUT2D eigenvalue weighted by atomic mass is 35.5. The van der Waals surface area contributed by atoms with Gasteiger partial charge in [-0.1, -0.05) is 11.6 Å². The van der Waals surface area contributed by atoms with E-state index in [1.54, 1.807) is 49.6 Å². The van der Waals surface area contributed by atoms with Crippen LogP contribution in [0.25, 0.3) is 22.6 Å². The summed E-state index contributed by atoms with van der Waals surface area (Å²) in [5, 5.41) is 3.36. The lowest BCUT2D eigenvalue weighted by atomic mass is 10.1. The number of benzene rings is 3. The van der Waals surface area contributed by atoms with Gasteiger partial charge < -0.3 is 28.7 Å². The third-order valence-corrected chi connectivity index (χ3v) is 5.51. The quantitative estimate of drug-likeness (QED) is 0.257. The smallest absolute Gasteiger partial charge is 0.255 e. The van der Waals surface area contributed by atoms with Crippen molar-refractivity contribution in [2.75, 3.05) is 32.2 Å². The van der Waals surface area contributed by atoms with Crippen LogP contribution in [-0.4, -0.2) is 37.8 Å². The Labute approximate surface area is 214 Å². The van der Waals surface area contributed by atoms with Crippen molar-refractivity contribution < 1.29 is 28.2 Å². The van der Waals surface area contributed by atoms with Gasteiger partial charge in [0, 0.05) is 16.8 Å². The van der Waals surface area contributed by atoms with E-state index in [0.717, 1.165) is 0 Å². The van der Waals surface area contributed by atoms with Crippen molar-refractivity contribution >= 4 is 34.3 Å². The minimum Gasteiger partial charge on any atom is -0.495 e. The van der Waals surface area contributed by atoms with Crippen molar-refractivity contribution in [3.05, 3.63) is 59.1 Å². The number of hydrogen-bond donors (Lipinski definition) is 1. The second-order valence-corrected chi connectivity index (χ2v) is 8.01. The Balaban J connectivity index is 1.61. The largest absolute Gasteiger partial charge is 0.495 e. The number of anilines is 1. The summed E-state index contributed by atoms with van der Waals surface area (Å²) < 4.78 is 28.2. The molecule has 9 heteroatoms. The molecule has 0 fully saturated rings. The molecular weight excluding hydrogens is 484 g/mol. The minimum absolute atomic E-state index is 0.329. The molecule has 0 aliphatic rings. The van der Waals surface area contributed by atoms with Gasteiger partial charge in [-0.05, 0) is 69.3 Å². The summed E-state index contributed by atoms with van der Waals surface area (Å²) in [4.78, 5) is 17.7. The summed E-state index contributed by atoms with van der Waals surface area (Å²) in [6.07, 6.45) is 0. The first kappa shape index (κ1) is 25.2. The molecule has 0 bridgehead atoms. The number of fused-ring (bicyclic) bond motifs is 1. The summed E-state index contributed by atoms with van der Waals surface area (Å²) in [5.74, 6) is 2.02. The van der Waals surface area contributed by atoms with Gasteiger partial charge in [-0.25, -0.2) is 4.98 Å². The Hall–Kier alpha value is -3.91. The van der Waals surface area contributed by atoms with Crippen LogP contribution in [0.4, 0.5) is 5.69 Å². The van der Waals surface area contributed by atoms with Crippen LogP contribution in [0.15, 0.2) is 52.9 Å². The highest BCUT2D eigenvalue weighted by Crippen LogP contribution is 2.39. The van der Waals surface area contributed by atoms with Gasteiger partial charge in [0.25, 0.3) is 5.91 Å². The van der Waals surface area contributed by atoms with Gasteiger partial charge in [-0.15, -0.1) is 0 Å². The van der Waals surface area contributed by atoms with Crippen molar-refractivity contribution in [2.24, 2.45) is 0 Å². The third kappa shape index (κ3) is 5.33. The number of carbonyl (C=O) groups excluding carboxylic acids is 1. The van der Waals surface area contributed by atoms with Crippen molar-refractivity contribution in [3.63, 3.8) is 0 Å². The zero-order valence-corrected chi connectivity index (χ0v) is 21.3. The van der Waals surface area contributed by atoms with Gasteiger partial charge in [0.2, 0.25) is 11.6 Å². The van der Waals surface area contributed by atoms with Gasteiger partial charge in [-0.3, -0.25) is 4.79 Å². The molecule has 1 N–H and O–H groups in total. The number of nitrogens with zero attached hydrogens (tertiary/aromatic N) is 1. The molecule has 4 aromatic rings. The van der Waals surface area contributed by atoms with Gasteiger partial charge in [0.05, 0.1) is 32.0 Å². The van der Waals surface area contributed by atoms with Crippen LogP contribution < -0.4 is 24.3 Å². The lowest BCUT2D eigenvalue weighted by Crippen LogP contribution is -2.13. The molecule has 8 nitrogen and oxygen atoms in total. The topological polar surface area (TPSA) is 92.1 Å². The lowest BCUT2D eigenvalue weighted by molar-refractivity contribution is 0.102. The maximum absolute atomic E-state index is 13.1. The number of halogens is 1. The normalized spacial score (nSPS) is 10.8. The van der Waals surface area contributed by atoms with Gasteiger partial charge >= 0.3 is 0 Å². The first-order valence-corrected chi connectivity index (χ1v) is 12.0. The highest BCUT2D eigenvalue weighted by Gasteiger charge is 2.19. The monoisotopic (exact) mass is 510 g/mol. The van der Waals surface area contributed by atoms with E-state index in [0.29, 0.717) is 81.6 Å². The van der Waals surface area contributed by atoms with E-state index in [9.17, 15) is 4.79 Å². The van der Waals surface area contributed by atoms with Crippen LogP contribution in [0.1, 0.15) is 31.1 Å². The molecule has 0 radical (unpaired) electrons. The van der Waals surface area contributed by atoms with Gasteiger partial charge in [0.1, 0.15) is 11.3 Å². The lowest BCUT2D eigenvalue weighted by Gasteiger charge is -2.17. The van der Waals surface area contributed by atoms with Crippen LogP contribution in [0.5, 0.6) is 23.0 Å². The molecule has 0 spiro atoms. The number of carbonyl (C=O) groups is 1. The molecule has 36 heavy (non-hydrogen) atoms. The van der Waals surface area contributed by atoms with Crippen molar-refractivity contribution in [1.29, 1.82) is 0 Å². The Morgan fingerprint density at radius 3 is 2.22 bits per heavy atom. The number of aromatic nitrogens is 1. The molecule has 1 heterocycles. The van der Waals surface area contributed by atoms with Crippen molar-refractivity contribution in [2.45, 2.75) is 20.8 Å². The maximum atomic E-state index is 13.1. The van der Waals surface area contributed by atoms with E-state index in [4.69, 9.17) is 35.0 Å². The first-order valence-electron chi connectivity index (χ1n) is 11.6. The Bertz CT molecular complexity index is 1360. The summed E-state index contributed by atoms with van der Waals surface area (Å²) in [6.45, 7) is 6.88. The fraction of sp³-hybridized carbons (Fsp3) is 0.259. The predicted octanol–water partition coefficient (Wildman–Crippen LogP) is 6.61. The second-order valence-electron chi connectivity index (χ2n) is 7.61. The number of ether oxygens (including phenoxy) is 4. The number of amides is 1. The number of hydrogen-bond acceptors (Lipinski definition) is 7. The van der Waals surface area contributed by atoms with Crippen molar-refractivity contribution in [1.82, 2.24) is 4.98 Å². The maximum Gasteiger partial charge on any atom is 0.255 e. The van der Waals surface area contributed by atoms with E-state index in [1.807, 2.05) is 26.8 Å². The number of oxazole rings is 1. The highest BCUT2D eigenvalue weighted by molar-refractivity contribution is 6.32. The number of methoxy groups -OCH3 is 1. The Morgan fingerprint density at radius 2 is 1.61 bits per heavy atom. The summed E-state index contributed by atoms with van der Waals surface area (Å²) >= 11 is 6.24. The van der Waals surface area contributed by atoms with E-state index in [-0.39, 0.29) is 5.91 Å². The average Bonchev–Trinajstić information content (AvgIpc) is 3.29. The molecular formula is C27H27ClN2O6. The SMILES string of the molecule is CCOc1cc(C(=O)Nc2ccc3oc(-c4ccc(OC)c(Cl)c4)nc3c2)cc(OCC)c1OCC. The zero-order chi connectivity index (χ0) is 25.7. The van der Waals surface area contributed by atoms with E-state index in [2.05, 4.69) is 10.3 Å². The molecule has 0 aliphatic heterocycles. The molecule has 0 unspecified atom stereocenters. The zero-order valence-electron chi connectivity index (χ0n) is 20.5. The Morgan fingerprint density at radius 1 is 0.917 bits per heavy atom. The first-order chi connectivity index (χ1) is 17.5. The molecule has 1 amide bonds. The van der Waals surface area contributed by atoms with Crippen molar-refractivity contribution in [3.8, 4) is 34.5 Å². The molecule has 0 atom stereocenters. The van der Waals surface area contributed by atoms with E-state index in [1.165, 1.54) is 0 Å².